The molecular weight excluding hydrogens is 229 g/mol. The maximum atomic E-state index is 13.3. The highest BCUT2D eigenvalue weighted by atomic mass is 19.1. The molecule has 0 saturated carbocycles. The van der Waals surface area contributed by atoms with E-state index in [0.717, 1.165) is 25.2 Å². The van der Waals surface area contributed by atoms with Crippen LogP contribution in [0.5, 0.6) is 0 Å². The minimum Gasteiger partial charge on any atom is -0.366 e. The second-order valence-corrected chi connectivity index (χ2v) is 4.79. The highest BCUT2D eigenvalue weighted by Gasteiger charge is 2.23. The number of rotatable bonds is 2. The fourth-order valence-electron chi connectivity index (χ4n) is 2.35. The molecule has 1 aliphatic rings. The molecule has 3 nitrogen and oxygen atoms in total. The monoisotopic (exact) mass is 247 g/mol. The highest BCUT2D eigenvalue weighted by Crippen LogP contribution is 2.22. The van der Waals surface area contributed by atoms with Gasteiger partial charge in [-0.15, -0.1) is 0 Å². The van der Waals surface area contributed by atoms with Crippen LogP contribution in [0.15, 0.2) is 24.3 Å². The first-order chi connectivity index (χ1) is 8.70. The molecule has 0 amide bonds. The molecule has 1 aromatic carbocycles. The fraction of sp³-hybridized carbons (Fsp3) is 0.500. The van der Waals surface area contributed by atoms with Crippen molar-refractivity contribution in [2.75, 3.05) is 18.0 Å². The van der Waals surface area contributed by atoms with Crippen LogP contribution < -0.4 is 10.2 Å². The molecular formula is C14H18FN3. The first-order valence-electron chi connectivity index (χ1n) is 6.33. The van der Waals surface area contributed by atoms with Crippen LogP contribution in [0.2, 0.25) is 0 Å². The van der Waals surface area contributed by atoms with E-state index in [4.69, 9.17) is 5.26 Å². The van der Waals surface area contributed by atoms with E-state index in [1.807, 2.05) is 6.07 Å². The van der Waals surface area contributed by atoms with Crippen molar-refractivity contribution in [3.05, 3.63) is 30.1 Å². The summed E-state index contributed by atoms with van der Waals surface area (Å²) in [5.74, 6) is -0.228. The van der Waals surface area contributed by atoms with Crippen molar-refractivity contribution >= 4 is 5.69 Å². The minimum absolute atomic E-state index is 0.113. The van der Waals surface area contributed by atoms with Crippen LogP contribution in [0.25, 0.3) is 0 Å². The van der Waals surface area contributed by atoms with Crippen LogP contribution >= 0.6 is 0 Å². The number of nitrogens with zero attached hydrogens (tertiary/aromatic N) is 2. The Kier molecular flexibility index (Phi) is 4.16. The Labute approximate surface area is 107 Å². The molecule has 96 valence electrons. The molecule has 18 heavy (non-hydrogen) atoms. The predicted octanol–water partition coefficient (Wildman–Crippen LogP) is 2.30. The normalized spacial score (nSPS) is 24.4. The van der Waals surface area contributed by atoms with Gasteiger partial charge in [0.05, 0.1) is 18.5 Å². The third-order valence-corrected chi connectivity index (χ3v) is 3.41. The summed E-state index contributed by atoms with van der Waals surface area (Å²) < 4.78 is 13.3. The van der Waals surface area contributed by atoms with Crippen LogP contribution in [0.4, 0.5) is 10.1 Å². The number of halogens is 1. The SMILES string of the molecule is CC1CCN(c2cccc(F)c2)C(CC#N)CN1. The van der Waals surface area contributed by atoms with Crippen molar-refractivity contribution in [1.82, 2.24) is 5.32 Å². The Morgan fingerprint density at radius 1 is 1.56 bits per heavy atom. The average Bonchev–Trinajstić information content (AvgIpc) is 2.53. The first-order valence-corrected chi connectivity index (χ1v) is 6.33. The molecule has 1 aromatic rings. The maximum absolute atomic E-state index is 13.3. The van der Waals surface area contributed by atoms with E-state index in [1.54, 1.807) is 12.1 Å². The molecule has 4 heteroatoms. The summed E-state index contributed by atoms with van der Waals surface area (Å²) in [4.78, 5) is 2.14. The van der Waals surface area contributed by atoms with Crippen LogP contribution in [0, 0.1) is 17.1 Å². The van der Waals surface area contributed by atoms with E-state index < -0.39 is 0 Å². The van der Waals surface area contributed by atoms with Gasteiger partial charge in [0, 0.05) is 24.8 Å². The molecule has 0 aromatic heterocycles. The maximum Gasteiger partial charge on any atom is 0.125 e. The van der Waals surface area contributed by atoms with Gasteiger partial charge in [-0.25, -0.2) is 4.39 Å². The van der Waals surface area contributed by atoms with Crippen LogP contribution in [0.1, 0.15) is 19.8 Å². The molecule has 0 aliphatic carbocycles. The third-order valence-electron chi connectivity index (χ3n) is 3.41. The molecule has 2 unspecified atom stereocenters. The summed E-state index contributed by atoms with van der Waals surface area (Å²) in [6.07, 6.45) is 1.45. The number of benzene rings is 1. The lowest BCUT2D eigenvalue weighted by Crippen LogP contribution is -2.40. The Balaban J connectivity index is 2.23. The van der Waals surface area contributed by atoms with Crippen molar-refractivity contribution in [3.8, 4) is 6.07 Å². The van der Waals surface area contributed by atoms with Crippen molar-refractivity contribution in [1.29, 1.82) is 5.26 Å². The van der Waals surface area contributed by atoms with Crippen molar-refractivity contribution in [2.45, 2.75) is 31.8 Å². The zero-order chi connectivity index (χ0) is 13.0. The standard InChI is InChI=1S/C14H18FN3/c1-11-6-8-18(14(5-7-16)10-17-11)13-4-2-3-12(15)9-13/h2-4,9,11,14,17H,5-6,8,10H2,1H3. The molecule has 1 aliphatic heterocycles. The van der Waals surface area contributed by atoms with E-state index in [0.29, 0.717) is 12.5 Å². The van der Waals surface area contributed by atoms with Gasteiger partial charge < -0.3 is 10.2 Å². The number of nitrogens with one attached hydrogen (secondary N) is 1. The van der Waals surface area contributed by atoms with Gasteiger partial charge in [0.1, 0.15) is 5.82 Å². The molecule has 1 saturated heterocycles. The zero-order valence-electron chi connectivity index (χ0n) is 10.6. The highest BCUT2D eigenvalue weighted by molar-refractivity contribution is 5.48. The molecule has 2 atom stereocenters. The molecule has 0 bridgehead atoms. The second kappa shape index (κ2) is 5.83. The Bertz CT molecular complexity index is 441. The summed E-state index contributed by atoms with van der Waals surface area (Å²) in [5.41, 5.74) is 0.867. The van der Waals surface area contributed by atoms with Gasteiger partial charge >= 0.3 is 0 Å². The Hall–Kier alpha value is -1.60. The summed E-state index contributed by atoms with van der Waals surface area (Å²) in [6.45, 7) is 3.76. The Morgan fingerprint density at radius 3 is 3.11 bits per heavy atom. The van der Waals surface area contributed by atoms with Crippen LogP contribution in [-0.4, -0.2) is 25.2 Å². The van der Waals surface area contributed by atoms with Gasteiger partial charge in [-0.05, 0) is 31.5 Å². The second-order valence-electron chi connectivity index (χ2n) is 4.79. The molecule has 0 radical (unpaired) electrons. The van der Waals surface area contributed by atoms with E-state index in [-0.39, 0.29) is 11.9 Å². The van der Waals surface area contributed by atoms with Crippen molar-refractivity contribution < 1.29 is 4.39 Å². The van der Waals surface area contributed by atoms with E-state index in [1.165, 1.54) is 6.07 Å². The molecule has 1 N–H and O–H groups in total. The largest absolute Gasteiger partial charge is 0.366 e. The molecule has 0 spiro atoms. The lowest BCUT2D eigenvalue weighted by molar-refractivity contribution is 0.538. The van der Waals surface area contributed by atoms with Crippen molar-refractivity contribution in [2.24, 2.45) is 0 Å². The number of hydrogen-bond donors (Lipinski definition) is 1. The quantitative estimate of drug-likeness (QED) is 0.871. The first kappa shape index (κ1) is 12.8. The summed E-state index contributed by atoms with van der Waals surface area (Å²) >= 11 is 0. The Morgan fingerprint density at radius 2 is 2.39 bits per heavy atom. The van der Waals surface area contributed by atoms with Gasteiger partial charge in [-0.3, -0.25) is 0 Å². The smallest absolute Gasteiger partial charge is 0.125 e. The topological polar surface area (TPSA) is 39.1 Å². The third kappa shape index (κ3) is 2.99. The van der Waals surface area contributed by atoms with Gasteiger partial charge in [-0.1, -0.05) is 6.07 Å². The molecule has 1 heterocycles. The van der Waals surface area contributed by atoms with E-state index in [9.17, 15) is 4.39 Å². The number of hydrogen-bond acceptors (Lipinski definition) is 3. The molecule has 2 rings (SSSR count). The van der Waals surface area contributed by atoms with Crippen LogP contribution in [-0.2, 0) is 0 Å². The van der Waals surface area contributed by atoms with Gasteiger partial charge in [-0.2, -0.15) is 5.26 Å². The zero-order valence-corrected chi connectivity index (χ0v) is 10.6. The summed E-state index contributed by atoms with van der Waals surface area (Å²) in [7, 11) is 0. The number of nitriles is 1. The summed E-state index contributed by atoms with van der Waals surface area (Å²) in [5, 5.41) is 12.3. The predicted molar refractivity (Wildman–Crippen MR) is 69.8 cm³/mol. The van der Waals surface area contributed by atoms with Crippen molar-refractivity contribution in [3.63, 3.8) is 0 Å². The fourth-order valence-corrected chi connectivity index (χ4v) is 2.35. The number of anilines is 1. The molecule has 1 fully saturated rings. The minimum atomic E-state index is -0.228. The van der Waals surface area contributed by atoms with E-state index >= 15 is 0 Å². The lowest BCUT2D eigenvalue weighted by Gasteiger charge is -2.30. The van der Waals surface area contributed by atoms with Crippen LogP contribution in [0.3, 0.4) is 0 Å². The van der Waals surface area contributed by atoms with Gasteiger partial charge in [0.2, 0.25) is 0 Å². The summed E-state index contributed by atoms with van der Waals surface area (Å²) in [6, 6.07) is 9.38. The average molecular weight is 247 g/mol. The van der Waals surface area contributed by atoms with Gasteiger partial charge in [0.25, 0.3) is 0 Å². The van der Waals surface area contributed by atoms with Gasteiger partial charge in [0.15, 0.2) is 0 Å². The lowest BCUT2D eigenvalue weighted by atomic mass is 10.1. The van der Waals surface area contributed by atoms with E-state index in [2.05, 4.69) is 23.2 Å².